The van der Waals surface area contributed by atoms with Gasteiger partial charge in [-0.3, -0.25) is 4.90 Å². The molecule has 2 saturated heterocycles. The van der Waals surface area contributed by atoms with Crippen LogP contribution in [0.3, 0.4) is 0 Å². The number of piperidine rings is 1. The lowest BCUT2D eigenvalue weighted by Crippen LogP contribution is -2.44. The van der Waals surface area contributed by atoms with Crippen molar-refractivity contribution < 1.29 is 9.47 Å². The second-order valence-electron chi connectivity index (χ2n) is 6.51. The van der Waals surface area contributed by atoms with Crippen LogP contribution in [0.15, 0.2) is 12.1 Å². The first kappa shape index (κ1) is 15.6. The molecule has 2 aliphatic heterocycles. The van der Waals surface area contributed by atoms with E-state index < -0.39 is 0 Å². The van der Waals surface area contributed by atoms with Crippen molar-refractivity contribution in [3.05, 3.63) is 23.3 Å². The zero-order valence-corrected chi connectivity index (χ0v) is 14.0. The van der Waals surface area contributed by atoms with Crippen molar-refractivity contribution in [2.75, 3.05) is 27.3 Å². The molecule has 2 atom stereocenters. The number of benzene rings is 1. The molecule has 0 bridgehead atoms. The van der Waals surface area contributed by atoms with Crippen LogP contribution in [0.5, 0.6) is 11.5 Å². The summed E-state index contributed by atoms with van der Waals surface area (Å²) in [5.74, 6) is 1.62. The number of fused-ring (bicyclic) bond motifs is 1. The minimum atomic E-state index is 0.632. The fraction of sp³-hybridized carbons (Fsp3) is 0.667. The summed E-state index contributed by atoms with van der Waals surface area (Å²) in [6.45, 7) is 5.59. The van der Waals surface area contributed by atoms with Crippen molar-refractivity contribution in [2.24, 2.45) is 0 Å². The van der Waals surface area contributed by atoms with Crippen molar-refractivity contribution in [3.63, 3.8) is 0 Å². The Bertz CT molecular complexity index is 518. The van der Waals surface area contributed by atoms with E-state index in [1.165, 1.54) is 49.9 Å². The lowest BCUT2D eigenvalue weighted by atomic mass is 9.98. The van der Waals surface area contributed by atoms with E-state index in [2.05, 4.69) is 29.3 Å². The SMILES string of the molecule is COc1cc(C)c(CN[C@H]2CCN3CCCC[C@@H]23)cc1OC. The molecule has 2 fully saturated rings. The molecule has 1 N–H and O–H groups in total. The molecule has 2 heterocycles. The number of aryl methyl sites for hydroxylation is 1. The van der Waals surface area contributed by atoms with Gasteiger partial charge in [-0.15, -0.1) is 0 Å². The third-order valence-corrected chi connectivity index (χ3v) is 5.25. The molecule has 3 rings (SSSR count). The minimum absolute atomic E-state index is 0.632. The average molecular weight is 304 g/mol. The minimum Gasteiger partial charge on any atom is -0.493 e. The molecular weight excluding hydrogens is 276 g/mol. The number of ether oxygens (including phenoxy) is 2. The maximum absolute atomic E-state index is 5.43. The predicted molar refractivity (Wildman–Crippen MR) is 88.7 cm³/mol. The van der Waals surface area contributed by atoms with Crippen molar-refractivity contribution in [1.29, 1.82) is 0 Å². The van der Waals surface area contributed by atoms with Crippen LogP contribution in [-0.4, -0.2) is 44.3 Å². The highest BCUT2D eigenvalue weighted by Gasteiger charge is 2.34. The summed E-state index contributed by atoms with van der Waals surface area (Å²) >= 11 is 0. The largest absolute Gasteiger partial charge is 0.493 e. The Kier molecular flexibility index (Phi) is 4.89. The maximum atomic E-state index is 5.43. The first-order valence-corrected chi connectivity index (χ1v) is 8.42. The first-order chi connectivity index (χ1) is 10.7. The summed E-state index contributed by atoms with van der Waals surface area (Å²) in [5, 5.41) is 3.79. The molecule has 1 aromatic carbocycles. The summed E-state index contributed by atoms with van der Waals surface area (Å²) in [5.41, 5.74) is 2.55. The van der Waals surface area contributed by atoms with E-state index in [1.807, 2.05) is 0 Å². The van der Waals surface area contributed by atoms with E-state index in [1.54, 1.807) is 14.2 Å². The molecule has 2 aliphatic rings. The van der Waals surface area contributed by atoms with Gasteiger partial charge in [-0.2, -0.15) is 0 Å². The molecule has 4 heteroatoms. The van der Waals surface area contributed by atoms with Crippen LogP contribution >= 0.6 is 0 Å². The van der Waals surface area contributed by atoms with Crippen molar-refractivity contribution in [3.8, 4) is 11.5 Å². The average Bonchev–Trinajstić information content (AvgIpc) is 2.96. The number of rotatable bonds is 5. The Morgan fingerprint density at radius 3 is 2.64 bits per heavy atom. The summed E-state index contributed by atoms with van der Waals surface area (Å²) < 4.78 is 10.8. The number of hydrogen-bond acceptors (Lipinski definition) is 4. The van der Waals surface area contributed by atoms with Gasteiger partial charge in [-0.25, -0.2) is 0 Å². The highest BCUT2D eigenvalue weighted by molar-refractivity contribution is 5.47. The molecule has 0 radical (unpaired) electrons. The van der Waals surface area contributed by atoms with Crippen LogP contribution in [0.1, 0.15) is 36.8 Å². The normalized spacial score (nSPS) is 25.0. The highest BCUT2D eigenvalue weighted by Crippen LogP contribution is 2.31. The van der Waals surface area contributed by atoms with Gasteiger partial charge < -0.3 is 14.8 Å². The summed E-state index contributed by atoms with van der Waals surface area (Å²) in [7, 11) is 3.38. The lowest BCUT2D eigenvalue weighted by Gasteiger charge is -2.32. The molecule has 0 saturated carbocycles. The van der Waals surface area contributed by atoms with Gasteiger partial charge in [0, 0.05) is 25.2 Å². The number of nitrogens with one attached hydrogen (secondary N) is 1. The number of hydrogen-bond donors (Lipinski definition) is 1. The second kappa shape index (κ2) is 6.88. The molecular formula is C18H28N2O2. The highest BCUT2D eigenvalue weighted by atomic mass is 16.5. The van der Waals surface area contributed by atoms with Crippen LogP contribution < -0.4 is 14.8 Å². The van der Waals surface area contributed by atoms with Crippen LogP contribution in [0.2, 0.25) is 0 Å². The topological polar surface area (TPSA) is 33.7 Å². The van der Waals surface area contributed by atoms with E-state index in [9.17, 15) is 0 Å². The summed E-state index contributed by atoms with van der Waals surface area (Å²) in [4.78, 5) is 2.67. The van der Waals surface area contributed by atoms with Gasteiger partial charge in [-0.05, 0) is 56.0 Å². The molecule has 4 nitrogen and oxygen atoms in total. The number of nitrogens with zero attached hydrogens (tertiary/aromatic N) is 1. The second-order valence-corrected chi connectivity index (χ2v) is 6.51. The lowest BCUT2D eigenvalue weighted by molar-refractivity contribution is 0.180. The van der Waals surface area contributed by atoms with Gasteiger partial charge in [0.25, 0.3) is 0 Å². The molecule has 1 aromatic rings. The Labute approximate surface area is 133 Å². The smallest absolute Gasteiger partial charge is 0.161 e. The molecule has 0 aliphatic carbocycles. The van der Waals surface area contributed by atoms with E-state index in [4.69, 9.17) is 9.47 Å². The van der Waals surface area contributed by atoms with E-state index in [-0.39, 0.29) is 0 Å². The first-order valence-electron chi connectivity index (χ1n) is 8.42. The van der Waals surface area contributed by atoms with Gasteiger partial charge in [-0.1, -0.05) is 6.42 Å². The Hall–Kier alpha value is -1.26. The van der Waals surface area contributed by atoms with Gasteiger partial charge in [0.2, 0.25) is 0 Å². The molecule has 0 unspecified atom stereocenters. The van der Waals surface area contributed by atoms with Gasteiger partial charge in [0.15, 0.2) is 11.5 Å². The summed E-state index contributed by atoms with van der Waals surface area (Å²) in [6, 6.07) is 5.55. The van der Waals surface area contributed by atoms with E-state index in [0.717, 1.165) is 24.1 Å². The Balaban J connectivity index is 1.66. The molecule has 22 heavy (non-hydrogen) atoms. The van der Waals surface area contributed by atoms with Crippen molar-refractivity contribution in [2.45, 2.75) is 51.2 Å². The molecule has 0 aromatic heterocycles. The summed E-state index contributed by atoms with van der Waals surface area (Å²) in [6.07, 6.45) is 5.38. The van der Waals surface area contributed by atoms with E-state index in [0.29, 0.717) is 6.04 Å². The van der Waals surface area contributed by atoms with Crippen molar-refractivity contribution in [1.82, 2.24) is 10.2 Å². The standard InChI is InChI=1S/C18H28N2O2/c1-13-10-17(21-2)18(22-3)11-14(13)12-19-15-7-9-20-8-5-4-6-16(15)20/h10-11,15-16,19H,4-9,12H2,1-3H3/t15-,16-/m0/s1. The van der Waals surface area contributed by atoms with Crippen LogP contribution in [0.4, 0.5) is 0 Å². The Morgan fingerprint density at radius 2 is 1.86 bits per heavy atom. The van der Waals surface area contributed by atoms with Crippen molar-refractivity contribution >= 4 is 0 Å². The quantitative estimate of drug-likeness (QED) is 0.907. The fourth-order valence-electron chi connectivity index (χ4n) is 3.94. The van der Waals surface area contributed by atoms with Gasteiger partial charge in [0.1, 0.15) is 0 Å². The number of methoxy groups -OCH3 is 2. The Morgan fingerprint density at radius 1 is 1.09 bits per heavy atom. The third-order valence-electron chi connectivity index (χ3n) is 5.25. The third kappa shape index (κ3) is 3.08. The zero-order chi connectivity index (χ0) is 15.5. The van der Waals surface area contributed by atoms with Crippen LogP contribution in [0, 0.1) is 6.92 Å². The van der Waals surface area contributed by atoms with E-state index >= 15 is 0 Å². The van der Waals surface area contributed by atoms with Gasteiger partial charge in [0.05, 0.1) is 14.2 Å². The molecule has 0 amide bonds. The maximum Gasteiger partial charge on any atom is 0.161 e. The predicted octanol–water partition coefficient (Wildman–Crippen LogP) is 2.73. The fourth-order valence-corrected chi connectivity index (χ4v) is 3.94. The van der Waals surface area contributed by atoms with Gasteiger partial charge >= 0.3 is 0 Å². The monoisotopic (exact) mass is 304 g/mol. The van der Waals surface area contributed by atoms with Crippen LogP contribution in [-0.2, 0) is 6.54 Å². The van der Waals surface area contributed by atoms with Crippen LogP contribution in [0.25, 0.3) is 0 Å². The molecule has 122 valence electrons. The molecule has 0 spiro atoms. The zero-order valence-electron chi connectivity index (χ0n) is 14.0.